The number of hydrogen-bond acceptors (Lipinski definition) is 4. The van der Waals surface area contributed by atoms with E-state index in [1.165, 1.54) is 24.3 Å². The van der Waals surface area contributed by atoms with Gasteiger partial charge in [-0.3, -0.25) is 0 Å². The van der Waals surface area contributed by atoms with Crippen LogP contribution in [0.5, 0.6) is 0 Å². The lowest BCUT2D eigenvalue weighted by molar-refractivity contribution is 0.558. The Kier molecular flexibility index (Phi) is 4.26. The SMILES string of the molecule is CC(C)NS(=O)(=O)NS(=O)(=O)c1ccccc1. The minimum Gasteiger partial charge on any atom is -0.206 e. The van der Waals surface area contributed by atoms with Gasteiger partial charge in [0.25, 0.3) is 20.2 Å². The lowest BCUT2D eigenvalue weighted by Gasteiger charge is -2.10. The summed E-state index contributed by atoms with van der Waals surface area (Å²) in [6.45, 7) is 3.18. The van der Waals surface area contributed by atoms with Crippen molar-refractivity contribution in [1.82, 2.24) is 8.85 Å². The fourth-order valence-electron chi connectivity index (χ4n) is 1.13. The molecule has 0 spiro atoms. The fourth-order valence-corrected chi connectivity index (χ4v) is 4.00. The molecule has 0 atom stereocenters. The largest absolute Gasteiger partial charge is 0.290 e. The maximum Gasteiger partial charge on any atom is 0.290 e. The molecule has 1 rings (SSSR count). The van der Waals surface area contributed by atoms with Crippen LogP contribution in [-0.2, 0) is 20.2 Å². The number of benzene rings is 1. The molecule has 96 valence electrons. The van der Waals surface area contributed by atoms with E-state index in [4.69, 9.17) is 0 Å². The molecule has 0 fully saturated rings. The van der Waals surface area contributed by atoms with Crippen molar-refractivity contribution in [3.05, 3.63) is 30.3 Å². The van der Waals surface area contributed by atoms with Crippen LogP contribution in [0.25, 0.3) is 0 Å². The van der Waals surface area contributed by atoms with E-state index < -0.39 is 26.3 Å². The standard InChI is InChI=1S/C9H14N2O4S2/c1-8(2)10-17(14,15)11-16(12,13)9-6-4-3-5-7-9/h3-8,10-11H,1-2H3. The molecule has 1 aromatic rings. The van der Waals surface area contributed by atoms with E-state index in [-0.39, 0.29) is 4.90 Å². The summed E-state index contributed by atoms with van der Waals surface area (Å²) >= 11 is 0. The summed E-state index contributed by atoms with van der Waals surface area (Å²) in [6, 6.07) is 6.90. The molecule has 2 N–H and O–H groups in total. The third-order valence-electron chi connectivity index (χ3n) is 1.66. The average molecular weight is 278 g/mol. The van der Waals surface area contributed by atoms with Crippen molar-refractivity contribution in [2.24, 2.45) is 0 Å². The van der Waals surface area contributed by atoms with Crippen LogP contribution in [0.4, 0.5) is 0 Å². The first-order valence-corrected chi connectivity index (χ1v) is 7.80. The van der Waals surface area contributed by atoms with Gasteiger partial charge in [-0.2, -0.15) is 13.1 Å². The molecule has 0 amide bonds. The van der Waals surface area contributed by atoms with E-state index in [9.17, 15) is 16.8 Å². The highest BCUT2D eigenvalue weighted by Crippen LogP contribution is 2.07. The van der Waals surface area contributed by atoms with Crippen molar-refractivity contribution in [2.45, 2.75) is 24.8 Å². The summed E-state index contributed by atoms with van der Waals surface area (Å²) in [6.07, 6.45) is 0. The smallest absolute Gasteiger partial charge is 0.206 e. The number of hydrogen-bond donors (Lipinski definition) is 2. The molecular formula is C9H14N2O4S2. The lowest BCUT2D eigenvalue weighted by Crippen LogP contribution is -2.43. The summed E-state index contributed by atoms with van der Waals surface area (Å²) in [5.41, 5.74) is 0. The Balaban J connectivity index is 2.96. The van der Waals surface area contributed by atoms with Crippen LogP contribution < -0.4 is 8.85 Å². The normalized spacial score (nSPS) is 12.9. The second kappa shape index (κ2) is 5.13. The van der Waals surface area contributed by atoms with Gasteiger partial charge in [0.2, 0.25) is 0 Å². The van der Waals surface area contributed by atoms with Crippen LogP contribution in [0.1, 0.15) is 13.8 Å². The molecular weight excluding hydrogens is 264 g/mol. The molecule has 0 aliphatic rings. The topological polar surface area (TPSA) is 92.3 Å². The van der Waals surface area contributed by atoms with Gasteiger partial charge in [-0.25, -0.2) is 8.42 Å². The zero-order valence-corrected chi connectivity index (χ0v) is 11.0. The molecule has 6 nitrogen and oxygen atoms in total. The van der Waals surface area contributed by atoms with E-state index in [0.29, 0.717) is 0 Å². The van der Waals surface area contributed by atoms with Gasteiger partial charge in [-0.1, -0.05) is 22.3 Å². The fraction of sp³-hybridized carbons (Fsp3) is 0.333. The van der Waals surface area contributed by atoms with Crippen molar-refractivity contribution in [3.8, 4) is 0 Å². The van der Waals surface area contributed by atoms with Gasteiger partial charge in [0, 0.05) is 6.04 Å². The minimum absolute atomic E-state index is 0.103. The molecule has 0 saturated heterocycles. The van der Waals surface area contributed by atoms with Crippen LogP contribution in [0.2, 0.25) is 0 Å². The molecule has 1 aromatic carbocycles. The highest BCUT2D eigenvalue weighted by Gasteiger charge is 2.22. The predicted octanol–water partition coefficient (Wildman–Crippen LogP) is 0.208. The first-order chi connectivity index (χ1) is 7.73. The lowest BCUT2D eigenvalue weighted by atomic mass is 10.4. The van der Waals surface area contributed by atoms with Crippen molar-refractivity contribution >= 4 is 20.2 Å². The predicted molar refractivity (Wildman–Crippen MR) is 64.0 cm³/mol. The molecule has 0 saturated carbocycles. The van der Waals surface area contributed by atoms with Crippen LogP contribution in [-0.4, -0.2) is 22.9 Å². The number of sulfonamides is 1. The Morgan fingerprint density at radius 1 is 1.00 bits per heavy atom. The van der Waals surface area contributed by atoms with Crippen molar-refractivity contribution in [2.75, 3.05) is 0 Å². The van der Waals surface area contributed by atoms with E-state index in [2.05, 4.69) is 4.72 Å². The highest BCUT2D eigenvalue weighted by atomic mass is 32.3. The molecule has 0 aromatic heterocycles. The first kappa shape index (κ1) is 14.1. The Bertz CT molecular complexity index is 564. The van der Waals surface area contributed by atoms with E-state index in [0.717, 1.165) is 0 Å². The molecule has 0 aliphatic carbocycles. The Labute approximate surface area is 101 Å². The molecule has 0 unspecified atom stereocenters. The highest BCUT2D eigenvalue weighted by molar-refractivity contribution is 8.03. The van der Waals surface area contributed by atoms with Crippen LogP contribution in [0.15, 0.2) is 35.2 Å². The van der Waals surface area contributed by atoms with E-state index >= 15 is 0 Å². The monoisotopic (exact) mass is 278 g/mol. The summed E-state index contributed by atoms with van der Waals surface area (Å²) < 4.78 is 50.0. The van der Waals surface area contributed by atoms with Crippen molar-refractivity contribution < 1.29 is 16.8 Å². The minimum atomic E-state index is -4.07. The Morgan fingerprint density at radius 2 is 1.53 bits per heavy atom. The Hall–Kier alpha value is -0.960. The van der Waals surface area contributed by atoms with E-state index in [1.54, 1.807) is 24.0 Å². The van der Waals surface area contributed by atoms with Crippen LogP contribution in [0, 0.1) is 0 Å². The zero-order valence-electron chi connectivity index (χ0n) is 9.41. The Morgan fingerprint density at radius 3 is 2.00 bits per heavy atom. The van der Waals surface area contributed by atoms with Gasteiger partial charge in [-0.15, -0.1) is 0 Å². The maximum absolute atomic E-state index is 11.7. The van der Waals surface area contributed by atoms with Gasteiger partial charge >= 0.3 is 0 Å². The zero-order chi connectivity index (χ0) is 13.1. The number of nitrogens with one attached hydrogen (secondary N) is 2. The number of rotatable bonds is 5. The molecule has 0 bridgehead atoms. The van der Waals surface area contributed by atoms with Gasteiger partial charge in [0.1, 0.15) is 0 Å². The summed E-state index contributed by atoms with van der Waals surface area (Å²) in [5.74, 6) is 0. The van der Waals surface area contributed by atoms with Crippen molar-refractivity contribution in [3.63, 3.8) is 0 Å². The molecule has 0 aliphatic heterocycles. The van der Waals surface area contributed by atoms with Gasteiger partial charge in [-0.05, 0) is 26.0 Å². The quantitative estimate of drug-likeness (QED) is 0.805. The van der Waals surface area contributed by atoms with Crippen molar-refractivity contribution in [1.29, 1.82) is 0 Å². The molecule has 17 heavy (non-hydrogen) atoms. The van der Waals surface area contributed by atoms with Gasteiger partial charge in [0.05, 0.1) is 4.90 Å². The first-order valence-electron chi connectivity index (χ1n) is 4.84. The third kappa shape index (κ3) is 4.43. The van der Waals surface area contributed by atoms with Crippen LogP contribution >= 0.6 is 0 Å². The third-order valence-corrected chi connectivity index (χ3v) is 5.09. The molecule has 0 heterocycles. The second-order valence-corrected chi connectivity index (χ2v) is 7.06. The molecule has 8 heteroatoms. The summed E-state index contributed by atoms with van der Waals surface area (Å²) in [4.78, 5) is -0.103. The second-order valence-electron chi connectivity index (χ2n) is 3.68. The van der Waals surface area contributed by atoms with E-state index in [1.807, 2.05) is 0 Å². The van der Waals surface area contributed by atoms with Crippen LogP contribution in [0.3, 0.4) is 0 Å². The summed E-state index contributed by atoms with van der Waals surface area (Å²) in [5, 5.41) is 0. The van der Waals surface area contributed by atoms with Gasteiger partial charge in [0.15, 0.2) is 0 Å². The summed E-state index contributed by atoms with van der Waals surface area (Å²) in [7, 11) is -8.14. The average Bonchev–Trinajstić information content (AvgIpc) is 2.15. The maximum atomic E-state index is 11.7. The molecule has 0 radical (unpaired) electrons. The van der Waals surface area contributed by atoms with Gasteiger partial charge < -0.3 is 0 Å².